The highest BCUT2D eigenvalue weighted by Gasteiger charge is 2.26. The van der Waals surface area contributed by atoms with Crippen LogP contribution in [0.3, 0.4) is 0 Å². The summed E-state index contributed by atoms with van der Waals surface area (Å²) >= 11 is 0. The molecule has 0 saturated heterocycles. The van der Waals surface area contributed by atoms with Crippen LogP contribution in [0, 0.1) is 10.1 Å². The topological polar surface area (TPSA) is 118 Å². The molecular weight excluding hydrogens is 302 g/mol. The van der Waals surface area contributed by atoms with Gasteiger partial charge < -0.3 is 20.2 Å². The molecule has 3 N–H and O–H groups in total. The van der Waals surface area contributed by atoms with Crippen LogP contribution < -0.4 is 10.6 Å². The number of nitro groups is 1. The molecule has 0 aliphatic heterocycles. The molecule has 0 aliphatic rings. The zero-order valence-electron chi connectivity index (χ0n) is 12.5. The molecular formula is C15H17N3O5. The van der Waals surface area contributed by atoms with E-state index in [1.165, 1.54) is 25.3 Å². The molecule has 1 heterocycles. The highest BCUT2D eigenvalue weighted by molar-refractivity contribution is 5.81. The Balaban J connectivity index is 1.88. The van der Waals surface area contributed by atoms with E-state index in [1.54, 1.807) is 24.3 Å². The monoisotopic (exact) mass is 319 g/mol. The summed E-state index contributed by atoms with van der Waals surface area (Å²) < 4.78 is 5.11. The third-order valence-electron chi connectivity index (χ3n) is 3.22. The molecule has 0 fully saturated rings. The second-order valence-corrected chi connectivity index (χ2v) is 5.16. The van der Waals surface area contributed by atoms with Gasteiger partial charge in [0.25, 0.3) is 5.69 Å². The van der Waals surface area contributed by atoms with E-state index in [0.717, 1.165) is 0 Å². The number of hydrogen-bond acceptors (Lipinski definition) is 6. The van der Waals surface area contributed by atoms with Gasteiger partial charge >= 0.3 is 0 Å². The van der Waals surface area contributed by atoms with Crippen molar-refractivity contribution < 1.29 is 19.2 Å². The lowest BCUT2D eigenvalue weighted by Gasteiger charge is -2.21. The SMILES string of the molecule is CC(O)(CNC(=O)CNc1ccccc1[N+](=O)[O-])c1ccco1. The molecule has 0 bridgehead atoms. The molecule has 0 saturated carbocycles. The molecule has 122 valence electrons. The van der Waals surface area contributed by atoms with Gasteiger partial charge in [0.15, 0.2) is 0 Å². The number of benzene rings is 1. The van der Waals surface area contributed by atoms with Gasteiger partial charge in [-0.25, -0.2) is 0 Å². The van der Waals surface area contributed by atoms with Crippen molar-refractivity contribution in [3.05, 3.63) is 58.5 Å². The largest absolute Gasteiger partial charge is 0.466 e. The number of nitrogens with one attached hydrogen (secondary N) is 2. The summed E-state index contributed by atoms with van der Waals surface area (Å²) in [6.45, 7) is 1.32. The Bertz CT molecular complexity index is 682. The average molecular weight is 319 g/mol. The van der Waals surface area contributed by atoms with Crippen molar-refractivity contribution in [1.82, 2.24) is 5.32 Å². The first kappa shape index (κ1) is 16.5. The number of nitro benzene ring substituents is 1. The molecule has 1 aromatic carbocycles. The molecule has 8 heteroatoms. The van der Waals surface area contributed by atoms with E-state index < -0.39 is 16.4 Å². The first-order chi connectivity index (χ1) is 10.9. The Kier molecular flexibility index (Phi) is 4.97. The number of nitrogens with zero attached hydrogens (tertiary/aromatic N) is 1. The second-order valence-electron chi connectivity index (χ2n) is 5.16. The lowest BCUT2D eigenvalue weighted by molar-refractivity contribution is -0.383. The Hall–Kier alpha value is -2.87. The van der Waals surface area contributed by atoms with Crippen molar-refractivity contribution in [3.63, 3.8) is 0 Å². The van der Waals surface area contributed by atoms with Gasteiger partial charge in [0, 0.05) is 6.07 Å². The van der Waals surface area contributed by atoms with Crippen LogP contribution in [0.5, 0.6) is 0 Å². The Morgan fingerprint density at radius 3 is 2.74 bits per heavy atom. The quantitative estimate of drug-likeness (QED) is 0.527. The predicted octanol–water partition coefficient (Wildman–Crippen LogP) is 1.62. The first-order valence-corrected chi connectivity index (χ1v) is 6.90. The van der Waals surface area contributed by atoms with Crippen LogP contribution in [-0.4, -0.2) is 29.0 Å². The van der Waals surface area contributed by atoms with Crippen LogP contribution in [-0.2, 0) is 10.4 Å². The summed E-state index contributed by atoms with van der Waals surface area (Å²) in [5.74, 6) is -0.0700. The average Bonchev–Trinajstić information content (AvgIpc) is 3.06. The third-order valence-corrected chi connectivity index (χ3v) is 3.22. The van der Waals surface area contributed by atoms with Gasteiger partial charge in [-0.3, -0.25) is 14.9 Å². The van der Waals surface area contributed by atoms with Gasteiger partial charge in [0.1, 0.15) is 17.0 Å². The summed E-state index contributed by atoms with van der Waals surface area (Å²) in [5, 5.41) is 26.3. The lowest BCUT2D eigenvalue weighted by atomic mass is 10.0. The maximum atomic E-state index is 11.8. The minimum Gasteiger partial charge on any atom is -0.466 e. The van der Waals surface area contributed by atoms with Gasteiger partial charge in [0.2, 0.25) is 5.91 Å². The Morgan fingerprint density at radius 1 is 1.35 bits per heavy atom. The number of anilines is 1. The van der Waals surface area contributed by atoms with E-state index in [0.29, 0.717) is 5.76 Å². The van der Waals surface area contributed by atoms with Crippen molar-refractivity contribution in [2.75, 3.05) is 18.4 Å². The highest BCUT2D eigenvalue weighted by atomic mass is 16.6. The number of carbonyl (C=O) groups excluding carboxylic acids is 1. The minimum atomic E-state index is -1.34. The summed E-state index contributed by atoms with van der Waals surface area (Å²) in [6, 6.07) is 9.30. The molecule has 1 amide bonds. The van der Waals surface area contributed by atoms with Gasteiger partial charge in [-0.15, -0.1) is 0 Å². The molecule has 1 atom stereocenters. The Labute approximate surface area is 132 Å². The summed E-state index contributed by atoms with van der Waals surface area (Å²) in [5.41, 5.74) is -1.19. The molecule has 8 nitrogen and oxygen atoms in total. The fourth-order valence-corrected chi connectivity index (χ4v) is 1.96. The normalized spacial score (nSPS) is 13.1. The first-order valence-electron chi connectivity index (χ1n) is 6.90. The van der Waals surface area contributed by atoms with Gasteiger partial charge in [0.05, 0.1) is 24.3 Å². The van der Waals surface area contributed by atoms with Crippen molar-refractivity contribution >= 4 is 17.3 Å². The number of carbonyl (C=O) groups is 1. The van der Waals surface area contributed by atoms with E-state index in [-0.39, 0.29) is 24.5 Å². The molecule has 0 aliphatic carbocycles. The van der Waals surface area contributed by atoms with E-state index in [1.807, 2.05) is 0 Å². The molecule has 2 rings (SSSR count). The van der Waals surface area contributed by atoms with E-state index >= 15 is 0 Å². The van der Waals surface area contributed by atoms with Crippen molar-refractivity contribution in [3.8, 4) is 0 Å². The highest BCUT2D eigenvalue weighted by Crippen LogP contribution is 2.23. The molecule has 1 aromatic heterocycles. The molecule has 0 spiro atoms. The van der Waals surface area contributed by atoms with E-state index in [2.05, 4.69) is 10.6 Å². The van der Waals surface area contributed by atoms with Gasteiger partial charge in [-0.2, -0.15) is 0 Å². The summed E-state index contributed by atoms with van der Waals surface area (Å²) in [7, 11) is 0. The number of aliphatic hydroxyl groups is 1. The van der Waals surface area contributed by atoms with Crippen LogP contribution >= 0.6 is 0 Å². The van der Waals surface area contributed by atoms with Crippen LogP contribution in [0.1, 0.15) is 12.7 Å². The zero-order valence-corrected chi connectivity index (χ0v) is 12.5. The summed E-state index contributed by atoms with van der Waals surface area (Å²) in [6.07, 6.45) is 1.43. The van der Waals surface area contributed by atoms with Crippen LogP contribution in [0.4, 0.5) is 11.4 Å². The number of rotatable bonds is 7. The Morgan fingerprint density at radius 2 is 2.09 bits per heavy atom. The summed E-state index contributed by atoms with van der Waals surface area (Å²) in [4.78, 5) is 22.2. The second kappa shape index (κ2) is 6.93. The lowest BCUT2D eigenvalue weighted by Crippen LogP contribution is -2.40. The molecule has 0 radical (unpaired) electrons. The molecule has 2 aromatic rings. The fraction of sp³-hybridized carbons (Fsp3) is 0.267. The van der Waals surface area contributed by atoms with Crippen LogP contribution in [0.25, 0.3) is 0 Å². The minimum absolute atomic E-state index is 0.0437. The predicted molar refractivity (Wildman–Crippen MR) is 82.9 cm³/mol. The van der Waals surface area contributed by atoms with E-state index in [4.69, 9.17) is 4.42 Å². The standard InChI is InChI=1S/C15H17N3O5/c1-15(20,13-7-4-8-23-13)10-17-14(19)9-16-11-5-2-3-6-12(11)18(21)22/h2-8,16,20H,9-10H2,1H3,(H,17,19). The van der Waals surface area contributed by atoms with Crippen LogP contribution in [0.2, 0.25) is 0 Å². The maximum Gasteiger partial charge on any atom is 0.292 e. The van der Waals surface area contributed by atoms with Gasteiger partial charge in [-0.05, 0) is 25.1 Å². The van der Waals surface area contributed by atoms with Crippen molar-refractivity contribution in [2.24, 2.45) is 0 Å². The fourth-order valence-electron chi connectivity index (χ4n) is 1.96. The number of hydrogen-bond donors (Lipinski definition) is 3. The van der Waals surface area contributed by atoms with Crippen molar-refractivity contribution in [1.29, 1.82) is 0 Å². The maximum absolute atomic E-state index is 11.8. The van der Waals surface area contributed by atoms with Gasteiger partial charge in [-0.1, -0.05) is 12.1 Å². The molecule has 1 unspecified atom stereocenters. The van der Waals surface area contributed by atoms with E-state index in [9.17, 15) is 20.0 Å². The third kappa shape index (κ3) is 4.30. The smallest absolute Gasteiger partial charge is 0.292 e. The number of amides is 1. The number of furan rings is 1. The molecule has 23 heavy (non-hydrogen) atoms. The van der Waals surface area contributed by atoms with Crippen molar-refractivity contribution in [2.45, 2.75) is 12.5 Å². The zero-order chi connectivity index (χ0) is 16.9. The van der Waals surface area contributed by atoms with Crippen LogP contribution in [0.15, 0.2) is 47.1 Å². The number of para-hydroxylation sites is 2.